The van der Waals surface area contributed by atoms with Gasteiger partial charge in [0.15, 0.2) is 0 Å². The number of pyridine rings is 1. The maximum Gasteiger partial charge on any atom is 0.419 e. The van der Waals surface area contributed by atoms with E-state index in [0.717, 1.165) is 6.07 Å². The summed E-state index contributed by atoms with van der Waals surface area (Å²) in [7, 11) is 0. The van der Waals surface area contributed by atoms with Crippen LogP contribution in [-0.4, -0.2) is 16.8 Å². The smallest absolute Gasteiger partial charge is 0.419 e. The second-order valence-corrected chi connectivity index (χ2v) is 8.08. The van der Waals surface area contributed by atoms with E-state index in [0.29, 0.717) is 22.5 Å². The highest BCUT2D eigenvalue weighted by atomic mass is 19.4. The first-order chi connectivity index (χ1) is 17.6. The van der Waals surface area contributed by atoms with Crippen LogP contribution < -0.4 is 21.1 Å². The van der Waals surface area contributed by atoms with E-state index < -0.39 is 36.0 Å². The van der Waals surface area contributed by atoms with E-state index in [9.17, 15) is 22.8 Å². The molecule has 37 heavy (non-hydrogen) atoms. The quantitative estimate of drug-likeness (QED) is 0.278. The number of nitrogens with one attached hydrogen (secondary N) is 2. The molecule has 0 fully saturated rings. The largest absolute Gasteiger partial charge is 0.488 e. The number of alkyl halides is 3. The topological polar surface area (TPSA) is 106 Å². The van der Waals surface area contributed by atoms with Crippen LogP contribution in [0.25, 0.3) is 5.70 Å². The zero-order chi connectivity index (χ0) is 27.0. The van der Waals surface area contributed by atoms with Crippen molar-refractivity contribution in [1.29, 1.82) is 0 Å². The standard InChI is InChI=1S/C27H25F3N4O3/c1-3-23(31)19-4-7-21(8-5-19)34-26(36)15-25(35)33-17(2)20-6-9-24(22(14-20)27(28,29)30)37-16-18-10-12-32-13-11-18/h4-14,17H,1,15-16,31H2,2H3,(H,33,35)(H,34,36). The number of nitrogens with zero attached hydrogens (tertiary/aromatic N) is 1. The van der Waals surface area contributed by atoms with Gasteiger partial charge in [-0.05, 0) is 54.4 Å². The fraction of sp³-hybridized carbons (Fsp3) is 0.185. The van der Waals surface area contributed by atoms with Crippen molar-refractivity contribution in [3.8, 4) is 5.75 Å². The highest BCUT2D eigenvalue weighted by molar-refractivity contribution is 6.03. The van der Waals surface area contributed by atoms with Crippen LogP contribution >= 0.6 is 0 Å². The van der Waals surface area contributed by atoms with Gasteiger partial charge in [0.05, 0.1) is 17.3 Å². The van der Waals surface area contributed by atoms with E-state index in [1.165, 1.54) is 31.5 Å². The fourth-order valence-electron chi connectivity index (χ4n) is 3.37. The van der Waals surface area contributed by atoms with Gasteiger partial charge in [0.25, 0.3) is 0 Å². The maximum atomic E-state index is 13.7. The van der Waals surface area contributed by atoms with Crippen LogP contribution in [0.1, 0.15) is 41.6 Å². The summed E-state index contributed by atoms with van der Waals surface area (Å²) in [6, 6.07) is 12.6. The van der Waals surface area contributed by atoms with Crippen molar-refractivity contribution in [1.82, 2.24) is 10.3 Å². The number of nitrogens with two attached hydrogens (primary N) is 1. The number of hydrogen-bond acceptors (Lipinski definition) is 5. The van der Waals surface area contributed by atoms with E-state index in [-0.39, 0.29) is 17.9 Å². The molecule has 3 aromatic rings. The number of aromatic nitrogens is 1. The van der Waals surface area contributed by atoms with Gasteiger partial charge in [-0.1, -0.05) is 24.8 Å². The van der Waals surface area contributed by atoms with Gasteiger partial charge in [-0.2, -0.15) is 13.2 Å². The molecule has 4 N–H and O–H groups in total. The van der Waals surface area contributed by atoms with Crippen LogP contribution in [0.15, 0.2) is 79.3 Å². The number of carbonyl (C=O) groups excluding carboxylic acids is 2. The van der Waals surface area contributed by atoms with Gasteiger partial charge >= 0.3 is 6.18 Å². The van der Waals surface area contributed by atoms with Gasteiger partial charge in [-0.25, -0.2) is 0 Å². The number of carbonyl (C=O) groups is 2. The van der Waals surface area contributed by atoms with Crippen molar-refractivity contribution in [2.75, 3.05) is 5.32 Å². The van der Waals surface area contributed by atoms with Gasteiger partial charge in [0.1, 0.15) is 18.8 Å². The van der Waals surface area contributed by atoms with Crippen LogP contribution in [-0.2, 0) is 22.4 Å². The highest BCUT2D eigenvalue weighted by Gasteiger charge is 2.35. The lowest BCUT2D eigenvalue weighted by atomic mass is 10.0. The molecule has 0 aliphatic carbocycles. The number of benzene rings is 2. The second-order valence-electron chi connectivity index (χ2n) is 8.08. The fourth-order valence-corrected chi connectivity index (χ4v) is 3.37. The number of rotatable bonds is 9. The third kappa shape index (κ3) is 7.71. The predicted octanol–water partition coefficient (Wildman–Crippen LogP) is 4.97. The lowest BCUT2D eigenvalue weighted by Gasteiger charge is -2.19. The van der Waals surface area contributed by atoms with E-state index in [1.807, 2.05) is 0 Å². The molecule has 3 rings (SSSR count). The average molecular weight is 511 g/mol. The number of ether oxygens (including phenoxy) is 1. The summed E-state index contributed by atoms with van der Waals surface area (Å²) < 4.78 is 46.5. The van der Waals surface area contributed by atoms with Gasteiger partial charge in [-0.3, -0.25) is 14.6 Å². The molecule has 1 aromatic heterocycles. The molecule has 0 saturated heterocycles. The lowest BCUT2D eigenvalue weighted by Crippen LogP contribution is -2.30. The number of amides is 2. The molecule has 0 bridgehead atoms. The summed E-state index contributed by atoms with van der Waals surface area (Å²) in [6.45, 7) is 4.93. The highest BCUT2D eigenvalue weighted by Crippen LogP contribution is 2.38. The van der Waals surface area contributed by atoms with Crippen molar-refractivity contribution in [2.45, 2.75) is 32.2 Å². The number of hydrogen-bond donors (Lipinski definition) is 3. The lowest BCUT2D eigenvalue weighted by molar-refractivity contribution is -0.139. The molecule has 2 aromatic carbocycles. The van der Waals surface area contributed by atoms with Gasteiger partial charge in [0.2, 0.25) is 11.8 Å². The Morgan fingerprint density at radius 1 is 1.08 bits per heavy atom. The Bertz CT molecular complexity index is 1300. The van der Waals surface area contributed by atoms with Gasteiger partial charge in [-0.15, -0.1) is 5.73 Å². The molecule has 1 unspecified atom stereocenters. The third-order valence-corrected chi connectivity index (χ3v) is 5.32. The van der Waals surface area contributed by atoms with Crippen molar-refractivity contribution in [2.24, 2.45) is 5.73 Å². The molecule has 0 radical (unpaired) electrons. The van der Waals surface area contributed by atoms with E-state index in [2.05, 4.69) is 27.9 Å². The average Bonchev–Trinajstić information content (AvgIpc) is 2.87. The molecule has 192 valence electrons. The Morgan fingerprint density at radius 2 is 1.76 bits per heavy atom. The minimum absolute atomic E-state index is 0.0621. The molecule has 0 aliphatic heterocycles. The Morgan fingerprint density at radius 3 is 2.38 bits per heavy atom. The van der Waals surface area contributed by atoms with E-state index in [1.54, 1.807) is 36.4 Å². The summed E-state index contributed by atoms with van der Waals surface area (Å²) in [5.41, 5.74) is 9.66. The molecule has 10 heteroatoms. The van der Waals surface area contributed by atoms with Crippen LogP contribution in [0.3, 0.4) is 0 Å². The molecule has 0 aliphatic rings. The molecule has 1 heterocycles. The minimum atomic E-state index is -4.67. The zero-order valence-corrected chi connectivity index (χ0v) is 19.9. The Labute approximate surface area is 211 Å². The first-order valence-corrected chi connectivity index (χ1v) is 11.1. The second kappa shape index (κ2) is 11.9. The molecular formula is C27H25F3N4O3. The first-order valence-electron chi connectivity index (χ1n) is 11.1. The number of anilines is 1. The van der Waals surface area contributed by atoms with Crippen LogP contribution in [0, 0.1) is 0 Å². The summed E-state index contributed by atoms with van der Waals surface area (Å²) in [4.78, 5) is 28.5. The zero-order valence-electron chi connectivity index (χ0n) is 19.9. The Balaban J connectivity index is 1.61. The molecular weight excluding hydrogens is 485 g/mol. The molecule has 0 spiro atoms. The monoisotopic (exact) mass is 510 g/mol. The Kier molecular flexibility index (Phi) is 8.71. The predicted molar refractivity (Wildman–Crippen MR) is 133 cm³/mol. The molecule has 1 atom stereocenters. The van der Waals surface area contributed by atoms with Crippen molar-refractivity contribution >= 4 is 23.2 Å². The van der Waals surface area contributed by atoms with Crippen molar-refractivity contribution in [3.05, 3.63) is 102 Å². The Hall–Kier alpha value is -4.56. The molecule has 0 saturated carbocycles. The normalized spacial score (nSPS) is 11.7. The minimum Gasteiger partial charge on any atom is -0.488 e. The van der Waals surface area contributed by atoms with Gasteiger partial charge in [0, 0.05) is 23.6 Å². The summed E-state index contributed by atoms with van der Waals surface area (Å²) in [6.07, 6.45) is -2.15. The van der Waals surface area contributed by atoms with Crippen molar-refractivity contribution < 1.29 is 27.5 Å². The summed E-state index contributed by atoms with van der Waals surface area (Å²) >= 11 is 0. The van der Waals surface area contributed by atoms with Crippen molar-refractivity contribution in [3.63, 3.8) is 0 Å². The SMILES string of the molecule is C=C=C(N)c1ccc(NC(=O)CC(=O)NC(C)c2ccc(OCc3ccncc3)c(C(F)(F)F)c2)cc1. The first kappa shape index (κ1) is 27.0. The maximum absolute atomic E-state index is 13.7. The molecule has 2 amide bonds. The van der Waals surface area contributed by atoms with Gasteiger partial charge < -0.3 is 21.1 Å². The van der Waals surface area contributed by atoms with E-state index >= 15 is 0 Å². The van der Waals surface area contributed by atoms with Crippen LogP contribution in [0.2, 0.25) is 0 Å². The summed E-state index contributed by atoms with van der Waals surface area (Å²) in [5, 5.41) is 5.13. The van der Waals surface area contributed by atoms with Crippen LogP contribution in [0.4, 0.5) is 18.9 Å². The van der Waals surface area contributed by atoms with Crippen LogP contribution in [0.5, 0.6) is 5.75 Å². The van der Waals surface area contributed by atoms with E-state index in [4.69, 9.17) is 10.5 Å². The number of halogens is 3. The third-order valence-electron chi connectivity index (χ3n) is 5.32. The summed E-state index contributed by atoms with van der Waals surface area (Å²) in [5.74, 6) is -1.56. The molecule has 7 nitrogen and oxygen atoms in total.